The SMILES string of the molecule is CC1CCCC(C#N)(C2(O)CC(C)(C)CC(C)(C)C2)C1. The lowest BCUT2D eigenvalue weighted by Crippen LogP contribution is -2.57. The number of nitrogens with zero attached hydrogens (tertiary/aromatic N) is 1. The number of rotatable bonds is 1. The largest absolute Gasteiger partial charge is 0.388 e. The molecular formula is C18H31NO. The highest BCUT2D eigenvalue weighted by Crippen LogP contribution is 2.59. The van der Waals surface area contributed by atoms with Gasteiger partial charge in [-0.15, -0.1) is 0 Å². The summed E-state index contributed by atoms with van der Waals surface area (Å²) in [6.45, 7) is 11.2. The van der Waals surface area contributed by atoms with Crippen molar-refractivity contribution in [2.24, 2.45) is 22.2 Å². The van der Waals surface area contributed by atoms with E-state index in [1.807, 2.05) is 0 Å². The van der Waals surface area contributed by atoms with Crippen LogP contribution in [0, 0.1) is 33.5 Å². The lowest BCUT2D eigenvalue weighted by molar-refractivity contribution is -0.159. The molecule has 2 saturated carbocycles. The van der Waals surface area contributed by atoms with E-state index in [2.05, 4.69) is 40.7 Å². The fourth-order valence-electron chi connectivity index (χ4n) is 5.58. The van der Waals surface area contributed by atoms with Gasteiger partial charge in [-0.3, -0.25) is 0 Å². The quantitative estimate of drug-likeness (QED) is 0.756. The first kappa shape index (κ1) is 15.8. The van der Waals surface area contributed by atoms with E-state index in [0.717, 1.165) is 38.5 Å². The van der Waals surface area contributed by atoms with E-state index in [1.165, 1.54) is 6.42 Å². The second-order valence-electron chi connectivity index (χ2n) is 9.29. The van der Waals surface area contributed by atoms with Gasteiger partial charge in [0.1, 0.15) is 0 Å². The van der Waals surface area contributed by atoms with Gasteiger partial charge in [0.15, 0.2) is 0 Å². The molecule has 20 heavy (non-hydrogen) atoms. The highest BCUT2D eigenvalue weighted by Gasteiger charge is 2.58. The molecule has 1 N–H and O–H groups in total. The molecule has 0 aromatic rings. The van der Waals surface area contributed by atoms with Crippen molar-refractivity contribution in [3.05, 3.63) is 0 Å². The predicted octanol–water partition coefficient (Wildman–Crippen LogP) is 4.67. The minimum Gasteiger partial charge on any atom is -0.388 e. The third kappa shape index (κ3) is 2.75. The van der Waals surface area contributed by atoms with Crippen LogP contribution in [0.3, 0.4) is 0 Å². The molecule has 0 amide bonds. The molecule has 114 valence electrons. The van der Waals surface area contributed by atoms with Gasteiger partial charge in [0, 0.05) is 0 Å². The molecule has 0 aromatic heterocycles. The fourth-order valence-corrected chi connectivity index (χ4v) is 5.58. The van der Waals surface area contributed by atoms with Crippen LogP contribution in [0.1, 0.15) is 79.6 Å². The van der Waals surface area contributed by atoms with Gasteiger partial charge in [-0.1, -0.05) is 47.5 Å². The van der Waals surface area contributed by atoms with Crippen molar-refractivity contribution in [3.63, 3.8) is 0 Å². The van der Waals surface area contributed by atoms with Crippen LogP contribution >= 0.6 is 0 Å². The van der Waals surface area contributed by atoms with Crippen molar-refractivity contribution in [2.45, 2.75) is 85.2 Å². The van der Waals surface area contributed by atoms with Gasteiger partial charge in [-0.2, -0.15) is 5.26 Å². The molecule has 0 heterocycles. The van der Waals surface area contributed by atoms with E-state index in [4.69, 9.17) is 0 Å². The molecule has 0 spiro atoms. The lowest BCUT2D eigenvalue weighted by atomic mass is 9.50. The van der Waals surface area contributed by atoms with E-state index in [0.29, 0.717) is 5.92 Å². The zero-order chi connectivity index (χ0) is 15.2. The minimum absolute atomic E-state index is 0.112. The molecule has 2 fully saturated rings. The second-order valence-corrected chi connectivity index (χ2v) is 9.29. The standard InChI is InChI=1S/C18H31NO/c1-14-7-6-8-17(9-14,13-19)18(20)11-15(2,3)10-16(4,5)12-18/h14,20H,6-12H2,1-5H3. The number of hydrogen-bond donors (Lipinski definition) is 1. The Labute approximate surface area is 124 Å². The zero-order valence-electron chi connectivity index (χ0n) is 13.9. The molecule has 2 aliphatic carbocycles. The Hall–Kier alpha value is -0.550. The molecule has 2 heteroatoms. The summed E-state index contributed by atoms with van der Waals surface area (Å²) < 4.78 is 0. The average Bonchev–Trinajstić information content (AvgIpc) is 2.23. The molecule has 2 aliphatic rings. The summed E-state index contributed by atoms with van der Waals surface area (Å²) in [5.41, 5.74) is -1.12. The Morgan fingerprint density at radius 1 is 1.05 bits per heavy atom. The maximum Gasteiger partial charge on any atom is 0.0863 e. The first-order chi connectivity index (χ1) is 9.03. The van der Waals surface area contributed by atoms with Crippen molar-refractivity contribution < 1.29 is 5.11 Å². The smallest absolute Gasteiger partial charge is 0.0863 e. The first-order valence-corrected chi connectivity index (χ1v) is 8.17. The number of aliphatic hydroxyl groups is 1. The van der Waals surface area contributed by atoms with Crippen molar-refractivity contribution in [1.82, 2.24) is 0 Å². The Kier molecular flexibility index (Phi) is 3.75. The van der Waals surface area contributed by atoms with Gasteiger partial charge in [0.25, 0.3) is 0 Å². The third-order valence-electron chi connectivity index (χ3n) is 5.60. The average molecular weight is 277 g/mol. The summed E-state index contributed by atoms with van der Waals surface area (Å²) in [7, 11) is 0. The van der Waals surface area contributed by atoms with E-state index in [-0.39, 0.29) is 10.8 Å². The van der Waals surface area contributed by atoms with Crippen molar-refractivity contribution in [2.75, 3.05) is 0 Å². The minimum atomic E-state index is -0.818. The molecule has 0 saturated heterocycles. The molecule has 2 nitrogen and oxygen atoms in total. The van der Waals surface area contributed by atoms with Gasteiger partial charge in [0.05, 0.1) is 17.1 Å². The van der Waals surface area contributed by atoms with Gasteiger partial charge in [-0.25, -0.2) is 0 Å². The van der Waals surface area contributed by atoms with Gasteiger partial charge in [0.2, 0.25) is 0 Å². The highest BCUT2D eigenvalue weighted by atomic mass is 16.3. The van der Waals surface area contributed by atoms with Crippen molar-refractivity contribution >= 4 is 0 Å². The van der Waals surface area contributed by atoms with Crippen LogP contribution in [0.2, 0.25) is 0 Å². The van der Waals surface area contributed by atoms with Crippen molar-refractivity contribution in [1.29, 1.82) is 5.26 Å². The zero-order valence-corrected chi connectivity index (χ0v) is 13.9. The second kappa shape index (κ2) is 4.73. The number of hydrogen-bond acceptors (Lipinski definition) is 2. The molecular weight excluding hydrogens is 246 g/mol. The summed E-state index contributed by atoms with van der Waals surface area (Å²) >= 11 is 0. The topological polar surface area (TPSA) is 44.0 Å². The third-order valence-corrected chi connectivity index (χ3v) is 5.60. The lowest BCUT2D eigenvalue weighted by Gasteiger charge is -2.56. The van der Waals surface area contributed by atoms with Gasteiger partial charge < -0.3 is 5.11 Å². The van der Waals surface area contributed by atoms with Gasteiger partial charge in [-0.05, 0) is 48.9 Å². The van der Waals surface area contributed by atoms with Crippen LogP contribution < -0.4 is 0 Å². The van der Waals surface area contributed by atoms with E-state index < -0.39 is 11.0 Å². The van der Waals surface area contributed by atoms with Crippen molar-refractivity contribution in [3.8, 4) is 6.07 Å². The van der Waals surface area contributed by atoms with Crippen LogP contribution in [0.15, 0.2) is 0 Å². The Morgan fingerprint density at radius 3 is 2.05 bits per heavy atom. The Bertz CT molecular complexity index is 402. The van der Waals surface area contributed by atoms with Crippen LogP contribution in [0.4, 0.5) is 0 Å². The highest BCUT2D eigenvalue weighted by molar-refractivity contribution is 5.17. The molecule has 2 rings (SSSR count). The first-order valence-electron chi connectivity index (χ1n) is 8.17. The maximum absolute atomic E-state index is 11.5. The summed E-state index contributed by atoms with van der Waals surface area (Å²) in [6.07, 6.45) is 6.68. The molecule has 0 radical (unpaired) electrons. The van der Waals surface area contributed by atoms with Crippen LogP contribution in [-0.4, -0.2) is 10.7 Å². The molecule has 0 bridgehead atoms. The summed E-state index contributed by atoms with van der Waals surface area (Å²) in [6, 6.07) is 2.58. The maximum atomic E-state index is 11.5. The Morgan fingerprint density at radius 2 is 1.60 bits per heavy atom. The monoisotopic (exact) mass is 277 g/mol. The summed E-state index contributed by atoms with van der Waals surface area (Å²) in [5.74, 6) is 0.556. The molecule has 2 atom stereocenters. The van der Waals surface area contributed by atoms with E-state index in [1.54, 1.807) is 0 Å². The van der Waals surface area contributed by atoms with E-state index in [9.17, 15) is 10.4 Å². The van der Waals surface area contributed by atoms with Crippen LogP contribution in [0.5, 0.6) is 0 Å². The van der Waals surface area contributed by atoms with E-state index >= 15 is 0 Å². The molecule has 2 unspecified atom stereocenters. The van der Waals surface area contributed by atoms with Gasteiger partial charge >= 0.3 is 0 Å². The van der Waals surface area contributed by atoms with Crippen LogP contribution in [-0.2, 0) is 0 Å². The predicted molar refractivity (Wildman–Crippen MR) is 82.0 cm³/mol. The van der Waals surface area contributed by atoms with Crippen LogP contribution in [0.25, 0.3) is 0 Å². The fraction of sp³-hybridized carbons (Fsp3) is 0.944. The Balaban J connectivity index is 2.39. The normalized spacial score (nSPS) is 39.0. The number of nitriles is 1. The molecule has 0 aromatic carbocycles. The summed E-state index contributed by atoms with van der Waals surface area (Å²) in [4.78, 5) is 0. The summed E-state index contributed by atoms with van der Waals surface area (Å²) in [5, 5.41) is 21.4. The molecule has 0 aliphatic heterocycles.